The first-order chi connectivity index (χ1) is 7.66. The topological polar surface area (TPSA) is 48.9 Å². The van der Waals surface area contributed by atoms with E-state index in [1.54, 1.807) is 18.5 Å². The number of hydrogen-bond acceptors (Lipinski definition) is 2. The average molecular weight is 241 g/mol. The molecule has 0 saturated heterocycles. The molecule has 0 aliphatic rings. The van der Waals surface area contributed by atoms with Crippen LogP contribution >= 0.6 is 11.6 Å². The van der Waals surface area contributed by atoms with Crippen LogP contribution in [0.5, 0.6) is 0 Å². The highest BCUT2D eigenvalue weighted by molar-refractivity contribution is 6.30. The molecule has 0 fully saturated rings. The van der Waals surface area contributed by atoms with Crippen LogP contribution in [0.15, 0.2) is 30.6 Å². The highest BCUT2D eigenvalue weighted by Crippen LogP contribution is 2.21. The minimum absolute atomic E-state index is 0.0500. The van der Waals surface area contributed by atoms with Crippen LogP contribution in [-0.2, 0) is 6.42 Å². The van der Waals surface area contributed by atoms with Crippen LogP contribution in [0, 0.1) is 5.82 Å². The number of nitrogens with one attached hydrogen (secondary N) is 1. The second kappa shape index (κ2) is 4.63. The molecular formula is C11H10ClFN2O. The maximum atomic E-state index is 13.2. The Balaban J connectivity index is 2.14. The summed E-state index contributed by atoms with van der Waals surface area (Å²) in [7, 11) is 0. The summed E-state index contributed by atoms with van der Waals surface area (Å²) in [6, 6.07) is 4.26. The number of aromatic amines is 1. The van der Waals surface area contributed by atoms with Crippen LogP contribution in [0.25, 0.3) is 0 Å². The van der Waals surface area contributed by atoms with Crippen molar-refractivity contribution in [3.8, 4) is 0 Å². The zero-order valence-corrected chi connectivity index (χ0v) is 9.08. The van der Waals surface area contributed by atoms with E-state index in [1.807, 2.05) is 0 Å². The van der Waals surface area contributed by atoms with Crippen molar-refractivity contribution in [2.75, 3.05) is 0 Å². The molecule has 16 heavy (non-hydrogen) atoms. The van der Waals surface area contributed by atoms with Crippen LogP contribution in [-0.4, -0.2) is 15.1 Å². The minimum Gasteiger partial charge on any atom is -0.388 e. The van der Waals surface area contributed by atoms with Crippen LogP contribution in [0.2, 0.25) is 5.02 Å². The van der Waals surface area contributed by atoms with Crippen molar-refractivity contribution >= 4 is 11.6 Å². The van der Waals surface area contributed by atoms with E-state index in [0.717, 1.165) is 0 Å². The smallest absolute Gasteiger partial charge is 0.142 e. The van der Waals surface area contributed by atoms with E-state index in [2.05, 4.69) is 9.97 Å². The van der Waals surface area contributed by atoms with E-state index in [-0.39, 0.29) is 5.02 Å². The van der Waals surface area contributed by atoms with Crippen LogP contribution in [0.4, 0.5) is 4.39 Å². The van der Waals surface area contributed by atoms with E-state index in [1.165, 1.54) is 12.1 Å². The van der Waals surface area contributed by atoms with Gasteiger partial charge >= 0.3 is 0 Å². The van der Waals surface area contributed by atoms with Gasteiger partial charge in [0.2, 0.25) is 0 Å². The number of nitrogens with zero attached hydrogens (tertiary/aromatic N) is 1. The van der Waals surface area contributed by atoms with Gasteiger partial charge in [0, 0.05) is 18.8 Å². The summed E-state index contributed by atoms with van der Waals surface area (Å²) < 4.78 is 13.2. The van der Waals surface area contributed by atoms with Gasteiger partial charge < -0.3 is 10.1 Å². The zero-order chi connectivity index (χ0) is 11.5. The quantitative estimate of drug-likeness (QED) is 0.866. The lowest BCUT2D eigenvalue weighted by molar-refractivity contribution is 0.175. The predicted molar refractivity (Wildman–Crippen MR) is 58.7 cm³/mol. The molecule has 0 saturated carbocycles. The molecule has 0 radical (unpaired) electrons. The lowest BCUT2D eigenvalue weighted by Crippen LogP contribution is -2.03. The van der Waals surface area contributed by atoms with Gasteiger partial charge in [0.1, 0.15) is 11.6 Å². The maximum absolute atomic E-state index is 13.2. The van der Waals surface area contributed by atoms with E-state index >= 15 is 0 Å². The lowest BCUT2D eigenvalue weighted by Gasteiger charge is -2.09. The van der Waals surface area contributed by atoms with E-state index < -0.39 is 11.9 Å². The standard InChI is InChI=1S/C11H10ClFN2O/c12-8-2-1-7(5-9(8)13)10(16)6-11-14-3-4-15-11/h1-5,10,16H,6H2,(H,14,15). The van der Waals surface area contributed by atoms with Crippen molar-refractivity contribution in [1.29, 1.82) is 0 Å². The summed E-state index contributed by atoms with van der Waals surface area (Å²) in [6.07, 6.45) is 2.79. The number of H-pyrrole nitrogens is 1. The van der Waals surface area contributed by atoms with Crippen LogP contribution < -0.4 is 0 Å². The van der Waals surface area contributed by atoms with Gasteiger partial charge in [0.25, 0.3) is 0 Å². The number of aromatic nitrogens is 2. The molecule has 0 aliphatic heterocycles. The molecule has 2 rings (SSSR count). The third-order valence-electron chi connectivity index (χ3n) is 2.27. The fourth-order valence-corrected chi connectivity index (χ4v) is 1.55. The fraction of sp³-hybridized carbons (Fsp3) is 0.182. The predicted octanol–water partition coefficient (Wildman–Crippen LogP) is 2.48. The molecule has 0 bridgehead atoms. The van der Waals surface area contributed by atoms with Gasteiger partial charge in [0.15, 0.2) is 0 Å². The van der Waals surface area contributed by atoms with Gasteiger partial charge in [0.05, 0.1) is 11.1 Å². The largest absolute Gasteiger partial charge is 0.388 e. The van der Waals surface area contributed by atoms with Gasteiger partial charge in [-0.3, -0.25) is 0 Å². The molecule has 0 amide bonds. The number of rotatable bonds is 3. The minimum atomic E-state index is -0.794. The lowest BCUT2D eigenvalue weighted by atomic mass is 10.1. The number of aliphatic hydroxyl groups is 1. The number of hydrogen-bond donors (Lipinski definition) is 2. The Morgan fingerprint density at radius 3 is 2.94 bits per heavy atom. The second-order valence-corrected chi connectivity index (χ2v) is 3.84. The number of halogens is 2. The van der Waals surface area contributed by atoms with Crippen molar-refractivity contribution in [2.45, 2.75) is 12.5 Å². The summed E-state index contributed by atoms with van der Waals surface area (Å²) >= 11 is 5.55. The molecule has 5 heteroatoms. The Morgan fingerprint density at radius 2 is 2.31 bits per heavy atom. The first-order valence-electron chi connectivity index (χ1n) is 4.78. The Labute approximate surface area is 96.9 Å². The summed E-state index contributed by atoms with van der Waals surface area (Å²) in [6.45, 7) is 0. The van der Waals surface area contributed by atoms with Crippen LogP contribution in [0.1, 0.15) is 17.5 Å². The van der Waals surface area contributed by atoms with E-state index in [9.17, 15) is 9.50 Å². The van der Waals surface area contributed by atoms with Crippen LogP contribution in [0.3, 0.4) is 0 Å². The average Bonchev–Trinajstić information content (AvgIpc) is 2.74. The highest BCUT2D eigenvalue weighted by Gasteiger charge is 2.11. The van der Waals surface area contributed by atoms with Gasteiger partial charge in [-0.1, -0.05) is 17.7 Å². The SMILES string of the molecule is OC(Cc1ncc[nH]1)c1ccc(Cl)c(F)c1. The first-order valence-corrected chi connectivity index (χ1v) is 5.16. The molecule has 2 aromatic rings. The summed E-state index contributed by atoms with van der Waals surface area (Å²) in [5.74, 6) is 0.125. The normalized spacial score (nSPS) is 12.7. The molecule has 1 aromatic carbocycles. The van der Waals surface area contributed by atoms with E-state index in [0.29, 0.717) is 17.8 Å². The Bertz CT molecular complexity index is 473. The molecule has 2 N–H and O–H groups in total. The number of aliphatic hydroxyl groups excluding tert-OH is 1. The van der Waals surface area contributed by atoms with Crippen molar-refractivity contribution in [3.63, 3.8) is 0 Å². The fourth-order valence-electron chi connectivity index (χ4n) is 1.43. The Morgan fingerprint density at radius 1 is 1.50 bits per heavy atom. The molecule has 1 heterocycles. The van der Waals surface area contributed by atoms with Gasteiger partial charge in [-0.25, -0.2) is 9.37 Å². The molecule has 1 atom stereocenters. The first kappa shape index (κ1) is 11.1. The third-order valence-corrected chi connectivity index (χ3v) is 2.58. The van der Waals surface area contributed by atoms with E-state index in [4.69, 9.17) is 11.6 Å². The van der Waals surface area contributed by atoms with Gasteiger partial charge in [-0.15, -0.1) is 0 Å². The molecule has 1 aromatic heterocycles. The summed E-state index contributed by atoms with van der Waals surface area (Å²) in [5, 5.41) is 9.89. The number of benzene rings is 1. The zero-order valence-electron chi connectivity index (χ0n) is 8.32. The highest BCUT2D eigenvalue weighted by atomic mass is 35.5. The summed E-state index contributed by atoms with van der Waals surface area (Å²) in [5.41, 5.74) is 0.485. The van der Waals surface area contributed by atoms with Crippen molar-refractivity contribution in [1.82, 2.24) is 9.97 Å². The summed E-state index contributed by atoms with van der Waals surface area (Å²) in [4.78, 5) is 6.86. The molecule has 0 aliphatic carbocycles. The molecule has 3 nitrogen and oxygen atoms in total. The van der Waals surface area contributed by atoms with Crippen molar-refractivity contribution in [2.24, 2.45) is 0 Å². The monoisotopic (exact) mass is 240 g/mol. The molecule has 1 unspecified atom stereocenters. The van der Waals surface area contributed by atoms with Crippen molar-refractivity contribution < 1.29 is 9.50 Å². The Kier molecular flexibility index (Phi) is 3.22. The van der Waals surface area contributed by atoms with Crippen molar-refractivity contribution in [3.05, 3.63) is 52.8 Å². The molecule has 84 valence electrons. The number of imidazole rings is 1. The second-order valence-electron chi connectivity index (χ2n) is 3.43. The Hall–Kier alpha value is -1.39. The molecule has 0 spiro atoms. The maximum Gasteiger partial charge on any atom is 0.142 e. The third kappa shape index (κ3) is 2.40. The molecular weight excluding hydrogens is 231 g/mol. The van der Waals surface area contributed by atoms with Gasteiger partial charge in [-0.05, 0) is 17.7 Å². The van der Waals surface area contributed by atoms with Gasteiger partial charge in [-0.2, -0.15) is 0 Å².